The third-order valence-electron chi connectivity index (χ3n) is 3.16. The van der Waals surface area contributed by atoms with Crippen LogP contribution in [0.15, 0.2) is 47.2 Å². The number of aryl methyl sites for hydroxylation is 1. The molecule has 112 valence electrons. The van der Waals surface area contributed by atoms with Gasteiger partial charge < -0.3 is 9.84 Å². The number of benzene rings is 1. The molecule has 3 rings (SSSR count). The van der Waals surface area contributed by atoms with E-state index in [0.717, 1.165) is 0 Å². The number of anilines is 1. The van der Waals surface area contributed by atoms with Gasteiger partial charge in [-0.2, -0.15) is 5.10 Å². The predicted molar refractivity (Wildman–Crippen MR) is 82.8 cm³/mol. The van der Waals surface area contributed by atoms with Crippen LogP contribution in [-0.2, 0) is 6.54 Å². The van der Waals surface area contributed by atoms with Crippen molar-refractivity contribution in [3.63, 3.8) is 0 Å². The van der Waals surface area contributed by atoms with E-state index < -0.39 is 0 Å². The zero-order chi connectivity index (χ0) is 15.5. The number of hydrogen-bond acceptors (Lipinski definition) is 4. The van der Waals surface area contributed by atoms with Crippen molar-refractivity contribution < 1.29 is 9.32 Å². The van der Waals surface area contributed by atoms with Crippen LogP contribution >= 0.6 is 11.6 Å². The number of aromatic nitrogens is 3. The first kappa shape index (κ1) is 14.3. The normalized spacial score (nSPS) is 10.6. The van der Waals surface area contributed by atoms with Gasteiger partial charge in [0, 0.05) is 23.3 Å². The molecule has 0 saturated heterocycles. The van der Waals surface area contributed by atoms with Crippen LogP contribution in [-0.4, -0.2) is 20.8 Å². The van der Waals surface area contributed by atoms with E-state index in [1.165, 1.54) is 6.20 Å². The number of amides is 1. The van der Waals surface area contributed by atoms with E-state index in [2.05, 4.69) is 15.6 Å². The van der Waals surface area contributed by atoms with Gasteiger partial charge in [-0.3, -0.25) is 9.48 Å². The second kappa shape index (κ2) is 6.03. The van der Waals surface area contributed by atoms with Crippen LogP contribution in [0, 0.1) is 0 Å². The molecule has 1 aromatic carbocycles. The van der Waals surface area contributed by atoms with E-state index in [1.54, 1.807) is 41.2 Å². The fourth-order valence-corrected chi connectivity index (χ4v) is 2.25. The van der Waals surface area contributed by atoms with Crippen LogP contribution in [0.25, 0.3) is 11.3 Å². The highest BCUT2D eigenvalue weighted by atomic mass is 35.5. The molecule has 0 unspecified atom stereocenters. The van der Waals surface area contributed by atoms with Crippen LogP contribution in [0.5, 0.6) is 0 Å². The summed E-state index contributed by atoms with van der Waals surface area (Å²) >= 11 is 5.84. The maximum absolute atomic E-state index is 12.6. The molecule has 2 aromatic heterocycles. The molecule has 0 spiro atoms. The lowest BCUT2D eigenvalue weighted by atomic mass is 10.2. The lowest BCUT2D eigenvalue weighted by Gasteiger charge is -2.08. The first-order valence-electron chi connectivity index (χ1n) is 6.73. The second-order valence-electron chi connectivity index (χ2n) is 4.56. The van der Waals surface area contributed by atoms with Crippen molar-refractivity contribution in [3.05, 3.63) is 53.4 Å². The van der Waals surface area contributed by atoms with E-state index in [-0.39, 0.29) is 5.91 Å². The van der Waals surface area contributed by atoms with E-state index in [0.29, 0.717) is 34.3 Å². The van der Waals surface area contributed by atoms with Crippen molar-refractivity contribution in [2.75, 3.05) is 5.32 Å². The Morgan fingerprint density at radius 3 is 2.73 bits per heavy atom. The van der Waals surface area contributed by atoms with Crippen LogP contribution in [0.2, 0.25) is 5.02 Å². The maximum atomic E-state index is 12.6. The molecule has 1 amide bonds. The fraction of sp³-hybridized carbons (Fsp3) is 0.133. The van der Waals surface area contributed by atoms with Crippen LogP contribution in [0.4, 0.5) is 5.69 Å². The Bertz CT molecular complexity index is 778. The molecule has 1 N–H and O–H groups in total. The summed E-state index contributed by atoms with van der Waals surface area (Å²) in [6.45, 7) is 2.48. The van der Waals surface area contributed by atoms with Crippen LogP contribution < -0.4 is 5.32 Å². The van der Waals surface area contributed by atoms with Gasteiger partial charge in [0.2, 0.25) is 0 Å². The van der Waals surface area contributed by atoms with Gasteiger partial charge in [-0.25, -0.2) is 0 Å². The van der Waals surface area contributed by atoms with Gasteiger partial charge in [0.1, 0.15) is 5.69 Å². The SMILES string of the molecule is CCn1ncc(-c2ccno2)c1C(=O)Nc1ccc(Cl)cc1. The monoisotopic (exact) mass is 316 g/mol. The standard InChI is InChI=1S/C15H13ClN4O2/c1-2-20-14(12(9-17-20)13-7-8-18-22-13)15(21)19-11-5-3-10(16)4-6-11/h3-9H,2H2,1H3,(H,19,21). The van der Waals surface area contributed by atoms with Gasteiger partial charge >= 0.3 is 0 Å². The topological polar surface area (TPSA) is 73.0 Å². The Hall–Kier alpha value is -2.60. The summed E-state index contributed by atoms with van der Waals surface area (Å²) in [5.74, 6) is 0.231. The minimum Gasteiger partial charge on any atom is -0.356 e. The number of hydrogen-bond donors (Lipinski definition) is 1. The lowest BCUT2D eigenvalue weighted by Crippen LogP contribution is -2.18. The number of carbonyl (C=O) groups is 1. The molecule has 0 bridgehead atoms. The van der Waals surface area contributed by atoms with Gasteiger partial charge in [-0.15, -0.1) is 0 Å². The van der Waals surface area contributed by atoms with Crippen LogP contribution in [0.1, 0.15) is 17.4 Å². The average Bonchev–Trinajstić information content (AvgIpc) is 3.17. The summed E-state index contributed by atoms with van der Waals surface area (Å²) in [7, 11) is 0. The Kier molecular flexibility index (Phi) is 3.93. The summed E-state index contributed by atoms with van der Waals surface area (Å²) in [6, 6.07) is 8.59. The highest BCUT2D eigenvalue weighted by molar-refractivity contribution is 6.30. The maximum Gasteiger partial charge on any atom is 0.274 e. The molecule has 0 atom stereocenters. The number of halogens is 1. The molecule has 2 heterocycles. The molecular weight excluding hydrogens is 304 g/mol. The Morgan fingerprint density at radius 2 is 2.09 bits per heavy atom. The van der Waals surface area contributed by atoms with Crippen molar-refractivity contribution in [3.8, 4) is 11.3 Å². The van der Waals surface area contributed by atoms with E-state index in [4.69, 9.17) is 16.1 Å². The van der Waals surface area contributed by atoms with Crippen molar-refractivity contribution >= 4 is 23.2 Å². The molecule has 6 nitrogen and oxygen atoms in total. The average molecular weight is 317 g/mol. The van der Waals surface area contributed by atoms with Gasteiger partial charge in [0.15, 0.2) is 5.76 Å². The molecule has 0 saturated carbocycles. The predicted octanol–water partition coefficient (Wildman–Crippen LogP) is 3.46. The third kappa shape index (κ3) is 2.73. The summed E-state index contributed by atoms with van der Waals surface area (Å²) < 4.78 is 6.75. The number of carbonyl (C=O) groups excluding carboxylic acids is 1. The van der Waals surface area contributed by atoms with E-state index in [9.17, 15) is 4.79 Å². The molecule has 0 fully saturated rings. The van der Waals surface area contributed by atoms with E-state index >= 15 is 0 Å². The number of nitrogens with one attached hydrogen (secondary N) is 1. The van der Waals surface area contributed by atoms with Gasteiger partial charge in [-0.1, -0.05) is 16.8 Å². The summed E-state index contributed by atoms with van der Waals surface area (Å²) in [4.78, 5) is 12.6. The zero-order valence-electron chi connectivity index (χ0n) is 11.8. The van der Waals surface area contributed by atoms with Crippen molar-refractivity contribution in [1.82, 2.24) is 14.9 Å². The Labute approximate surface area is 131 Å². The molecule has 0 radical (unpaired) electrons. The first-order valence-corrected chi connectivity index (χ1v) is 7.10. The van der Waals surface area contributed by atoms with Crippen molar-refractivity contribution in [2.24, 2.45) is 0 Å². The largest absolute Gasteiger partial charge is 0.356 e. The van der Waals surface area contributed by atoms with Crippen molar-refractivity contribution in [1.29, 1.82) is 0 Å². The molecule has 0 aliphatic heterocycles. The van der Waals surface area contributed by atoms with Gasteiger partial charge in [0.25, 0.3) is 5.91 Å². The third-order valence-corrected chi connectivity index (χ3v) is 3.41. The summed E-state index contributed by atoms with van der Waals surface area (Å²) in [5, 5.41) is 11.3. The van der Waals surface area contributed by atoms with Gasteiger partial charge in [0.05, 0.1) is 18.0 Å². The first-order chi connectivity index (χ1) is 10.7. The minimum atomic E-state index is -0.270. The highest BCUT2D eigenvalue weighted by Gasteiger charge is 2.21. The van der Waals surface area contributed by atoms with Crippen LogP contribution in [0.3, 0.4) is 0 Å². The smallest absolute Gasteiger partial charge is 0.274 e. The molecule has 0 aliphatic rings. The van der Waals surface area contributed by atoms with E-state index in [1.807, 2.05) is 6.92 Å². The molecule has 22 heavy (non-hydrogen) atoms. The zero-order valence-corrected chi connectivity index (χ0v) is 12.5. The molecule has 3 aromatic rings. The molecular formula is C15H13ClN4O2. The quantitative estimate of drug-likeness (QED) is 0.800. The molecule has 7 heteroatoms. The molecule has 0 aliphatic carbocycles. The highest BCUT2D eigenvalue weighted by Crippen LogP contribution is 2.24. The fourth-order valence-electron chi connectivity index (χ4n) is 2.12. The number of nitrogens with zero attached hydrogens (tertiary/aromatic N) is 3. The number of rotatable bonds is 4. The van der Waals surface area contributed by atoms with Crippen molar-refractivity contribution in [2.45, 2.75) is 13.5 Å². The Balaban J connectivity index is 1.94. The lowest BCUT2D eigenvalue weighted by molar-refractivity contribution is 0.101. The minimum absolute atomic E-state index is 0.270. The second-order valence-corrected chi connectivity index (χ2v) is 5.00. The van der Waals surface area contributed by atoms with Gasteiger partial charge in [-0.05, 0) is 31.2 Å². The Morgan fingerprint density at radius 1 is 1.32 bits per heavy atom. The summed E-state index contributed by atoms with van der Waals surface area (Å²) in [5.41, 5.74) is 1.68. The summed E-state index contributed by atoms with van der Waals surface area (Å²) in [6.07, 6.45) is 3.13.